The number of pyridine rings is 1. The molecule has 1 aliphatic carbocycles. The van der Waals surface area contributed by atoms with Gasteiger partial charge in [-0.05, 0) is 42.9 Å². The van der Waals surface area contributed by atoms with Crippen molar-refractivity contribution in [3.8, 4) is 0 Å². The average molecular weight is 263 g/mol. The first-order valence-electron chi connectivity index (χ1n) is 7.23. The molecule has 0 aromatic carbocycles. The molecule has 0 aliphatic heterocycles. The van der Waals surface area contributed by atoms with Crippen LogP contribution in [0.5, 0.6) is 0 Å². The molecule has 2 unspecified atom stereocenters. The van der Waals surface area contributed by atoms with Gasteiger partial charge in [0.1, 0.15) is 0 Å². The van der Waals surface area contributed by atoms with E-state index >= 15 is 0 Å². The standard InChI is InChI=1S/C15H25N3O/c1-19-15(13-5-3-2-4-6-13)14(18-16)11-12-7-9-17-10-8-12/h7-10,13-15,18H,2-6,11,16H2,1H3. The van der Waals surface area contributed by atoms with Gasteiger partial charge in [-0.25, -0.2) is 0 Å². The van der Waals surface area contributed by atoms with Crippen LogP contribution in [0, 0.1) is 5.92 Å². The summed E-state index contributed by atoms with van der Waals surface area (Å²) in [7, 11) is 1.80. The molecule has 1 saturated carbocycles. The summed E-state index contributed by atoms with van der Waals surface area (Å²) in [5.41, 5.74) is 4.20. The van der Waals surface area contributed by atoms with Gasteiger partial charge in [0.05, 0.1) is 12.1 Å². The molecular weight excluding hydrogens is 238 g/mol. The first-order valence-corrected chi connectivity index (χ1v) is 7.23. The summed E-state index contributed by atoms with van der Waals surface area (Å²) in [4.78, 5) is 4.05. The maximum absolute atomic E-state index is 5.76. The number of nitrogens with one attached hydrogen (secondary N) is 1. The number of methoxy groups -OCH3 is 1. The van der Waals surface area contributed by atoms with Gasteiger partial charge in [-0.3, -0.25) is 16.3 Å². The van der Waals surface area contributed by atoms with E-state index in [1.165, 1.54) is 37.7 Å². The summed E-state index contributed by atoms with van der Waals surface area (Å²) in [5, 5.41) is 0. The zero-order valence-electron chi connectivity index (χ0n) is 11.7. The van der Waals surface area contributed by atoms with E-state index in [0.717, 1.165) is 6.42 Å². The SMILES string of the molecule is COC(C1CCCCC1)C(Cc1ccncc1)NN. The minimum absolute atomic E-state index is 0.162. The molecule has 4 nitrogen and oxygen atoms in total. The Labute approximate surface area is 115 Å². The van der Waals surface area contributed by atoms with Gasteiger partial charge in [-0.1, -0.05) is 19.3 Å². The van der Waals surface area contributed by atoms with Crippen LogP contribution in [0.1, 0.15) is 37.7 Å². The highest BCUT2D eigenvalue weighted by Crippen LogP contribution is 2.29. The maximum Gasteiger partial charge on any atom is 0.0769 e. The molecule has 106 valence electrons. The molecule has 1 aromatic rings. The van der Waals surface area contributed by atoms with E-state index in [-0.39, 0.29) is 12.1 Å². The normalized spacial score (nSPS) is 20.1. The van der Waals surface area contributed by atoms with Crippen LogP contribution in [0.2, 0.25) is 0 Å². The Kier molecular flexibility index (Phi) is 5.76. The third-order valence-corrected chi connectivity index (χ3v) is 4.20. The average Bonchev–Trinajstić information content (AvgIpc) is 2.49. The number of hydrogen-bond donors (Lipinski definition) is 2. The van der Waals surface area contributed by atoms with Gasteiger partial charge in [0.2, 0.25) is 0 Å². The molecule has 19 heavy (non-hydrogen) atoms. The molecule has 0 spiro atoms. The Morgan fingerprint density at radius 3 is 2.58 bits per heavy atom. The lowest BCUT2D eigenvalue weighted by Crippen LogP contribution is -2.49. The fraction of sp³-hybridized carbons (Fsp3) is 0.667. The third-order valence-electron chi connectivity index (χ3n) is 4.20. The highest BCUT2D eigenvalue weighted by atomic mass is 16.5. The smallest absolute Gasteiger partial charge is 0.0769 e. The van der Waals surface area contributed by atoms with Crippen molar-refractivity contribution in [2.45, 2.75) is 50.7 Å². The largest absolute Gasteiger partial charge is 0.379 e. The minimum atomic E-state index is 0.162. The molecule has 1 aromatic heterocycles. The van der Waals surface area contributed by atoms with Crippen molar-refractivity contribution in [2.75, 3.05) is 7.11 Å². The van der Waals surface area contributed by atoms with E-state index in [2.05, 4.69) is 10.4 Å². The van der Waals surface area contributed by atoms with E-state index < -0.39 is 0 Å². The molecule has 0 amide bonds. The Bertz CT molecular complexity index is 352. The van der Waals surface area contributed by atoms with E-state index in [4.69, 9.17) is 10.6 Å². The minimum Gasteiger partial charge on any atom is -0.379 e. The van der Waals surface area contributed by atoms with Crippen molar-refractivity contribution in [2.24, 2.45) is 11.8 Å². The number of nitrogens with two attached hydrogens (primary N) is 1. The molecule has 0 saturated heterocycles. The van der Waals surface area contributed by atoms with Crippen LogP contribution in [-0.2, 0) is 11.2 Å². The number of aromatic nitrogens is 1. The van der Waals surface area contributed by atoms with Crippen molar-refractivity contribution < 1.29 is 4.74 Å². The van der Waals surface area contributed by atoms with Gasteiger partial charge in [0.15, 0.2) is 0 Å². The summed E-state index contributed by atoms with van der Waals surface area (Å²) in [6.07, 6.45) is 11.2. The summed E-state index contributed by atoms with van der Waals surface area (Å²) >= 11 is 0. The lowest BCUT2D eigenvalue weighted by atomic mass is 9.81. The van der Waals surface area contributed by atoms with Gasteiger partial charge in [-0.15, -0.1) is 0 Å². The van der Waals surface area contributed by atoms with Gasteiger partial charge < -0.3 is 4.74 Å². The Balaban J connectivity index is 2.01. The van der Waals surface area contributed by atoms with Crippen molar-refractivity contribution >= 4 is 0 Å². The van der Waals surface area contributed by atoms with Crippen molar-refractivity contribution in [3.05, 3.63) is 30.1 Å². The van der Waals surface area contributed by atoms with Gasteiger partial charge in [0.25, 0.3) is 0 Å². The van der Waals surface area contributed by atoms with Crippen LogP contribution < -0.4 is 11.3 Å². The van der Waals surface area contributed by atoms with Crippen LogP contribution in [0.15, 0.2) is 24.5 Å². The number of rotatable bonds is 6. The highest BCUT2D eigenvalue weighted by Gasteiger charge is 2.30. The second-order valence-electron chi connectivity index (χ2n) is 5.43. The van der Waals surface area contributed by atoms with E-state index in [1.807, 2.05) is 24.5 Å². The van der Waals surface area contributed by atoms with Gasteiger partial charge in [0, 0.05) is 19.5 Å². The quantitative estimate of drug-likeness (QED) is 0.609. The Hall–Kier alpha value is -0.970. The first kappa shape index (κ1) is 14.4. The summed E-state index contributed by atoms with van der Waals surface area (Å²) < 4.78 is 5.76. The number of nitrogens with zero attached hydrogens (tertiary/aromatic N) is 1. The summed E-state index contributed by atoms with van der Waals surface area (Å²) in [6.45, 7) is 0. The second-order valence-corrected chi connectivity index (χ2v) is 5.43. The van der Waals surface area contributed by atoms with Crippen LogP contribution in [0.25, 0.3) is 0 Å². The van der Waals surface area contributed by atoms with Crippen LogP contribution in [0.3, 0.4) is 0 Å². The molecule has 1 aliphatic rings. The Morgan fingerprint density at radius 2 is 2.00 bits per heavy atom. The van der Waals surface area contributed by atoms with Crippen LogP contribution in [0.4, 0.5) is 0 Å². The summed E-state index contributed by atoms with van der Waals surface area (Å²) in [5.74, 6) is 6.38. The molecule has 1 heterocycles. The van der Waals surface area contributed by atoms with Crippen molar-refractivity contribution in [1.29, 1.82) is 0 Å². The number of hydrazine groups is 1. The topological polar surface area (TPSA) is 60.2 Å². The zero-order chi connectivity index (χ0) is 13.5. The predicted octanol–water partition coefficient (Wildman–Crippen LogP) is 2.05. The molecule has 0 radical (unpaired) electrons. The molecule has 3 N–H and O–H groups in total. The van der Waals surface area contributed by atoms with Gasteiger partial charge in [-0.2, -0.15) is 0 Å². The van der Waals surface area contributed by atoms with E-state index in [0.29, 0.717) is 5.92 Å². The molecular formula is C15H25N3O. The fourth-order valence-corrected chi connectivity index (χ4v) is 3.19. The van der Waals surface area contributed by atoms with E-state index in [1.54, 1.807) is 7.11 Å². The number of ether oxygens (including phenoxy) is 1. The monoisotopic (exact) mass is 263 g/mol. The molecule has 2 rings (SSSR count). The van der Waals surface area contributed by atoms with Crippen molar-refractivity contribution in [1.82, 2.24) is 10.4 Å². The maximum atomic E-state index is 5.76. The lowest BCUT2D eigenvalue weighted by Gasteiger charge is -2.34. The second kappa shape index (κ2) is 7.58. The molecule has 0 bridgehead atoms. The third kappa shape index (κ3) is 4.00. The van der Waals surface area contributed by atoms with E-state index in [9.17, 15) is 0 Å². The van der Waals surface area contributed by atoms with Gasteiger partial charge >= 0.3 is 0 Å². The molecule has 2 atom stereocenters. The lowest BCUT2D eigenvalue weighted by molar-refractivity contribution is 0.00827. The zero-order valence-corrected chi connectivity index (χ0v) is 11.7. The fourth-order valence-electron chi connectivity index (χ4n) is 3.19. The predicted molar refractivity (Wildman–Crippen MR) is 76.4 cm³/mol. The first-order chi connectivity index (χ1) is 9.35. The number of hydrogen-bond acceptors (Lipinski definition) is 4. The Morgan fingerprint density at radius 1 is 1.32 bits per heavy atom. The molecule has 1 fully saturated rings. The highest BCUT2D eigenvalue weighted by molar-refractivity contribution is 5.12. The van der Waals surface area contributed by atoms with Crippen molar-refractivity contribution in [3.63, 3.8) is 0 Å². The van der Waals surface area contributed by atoms with Crippen LogP contribution in [-0.4, -0.2) is 24.2 Å². The van der Waals surface area contributed by atoms with Crippen LogP contribution >= 0.6 is 0 Å². The molecule has 4 heteroatoms. The summed E-state index contributed by atoms with van der Waals surface area (Å²) in [6, 6.07) is 4.24.